The van der Waals surface area contributed by atoms with Crippen molar-refractivity contribution in [2.75, 3.05) is 19.6 Å². The van der Waals surface area contributed by atoms with E-state index in [0.717, 1.165) is 25.6 Å². The first kappa shape index (κ1) is 16.0. The van der Waals surface area contributed by atoms with E-state index in [1.165, 1.54) is 35.7 Å². The van der Waals surface area contributed by atoms with E-state index in [1.54, 1.807) is 0 Å². The molecule has 0 saturated carbocycles. The van der Waals surface area contributed by atoms with E-state index in [0.29, 0.717) is 5.41 Å². The van der Waals surface area contributed by atoms with Gasteiger partial charge in [0, 0.05) is 29.4 Å². The molecule has 1 fully saturated rings. The Hall–Kier alpha value is -0.380. The topological polar surface area (TPSA) is 15.3 Å². The van der Waals surface area contributed by atoms with Crippen molar-refractivity contribution in [2.24, 2.45) is 11.3 Å². The second-order valence-electron chi connectivity index (χ2n) is 7.37. The molecule has 0 spiro atoms. The highest BCUT2D eigenvalue weighted by Gasteiger charge is 2.26. The minimum absolute atomic E-state index is 0.497. The molecule has 114 valence electrons. The van der Waals surface area contributed by atoms with E-state index in [4.69, 9.17) is 0 Å². The maximum absolute atomic E-state index is 3.53. The van der Waals surface area contributed by atoms with E-state index in [9.17, 15) is 0 Å². The summed E-state index contributed by atoms with van der Waals surface area (Å²) in [6.45, 7) is 15.1. The highest BCUT2D eigenvalue weighted by molar-refractivity contribution is 7.11. The van der Waals surface area contributed by atoms with E-state index >= 15 is 0 Å². The van der Waals surface area contributed by atoms with Gasteiger partial charge in [-0.15, -0.1) is 11.3 Å². The van der Waals surface area contributed by atoms with Gasteiger partial charge in [0.25, 0.3) is 0 Å². The Bertz CT molecular complexity index is 409. The van der Waals surface area contributed by atoms with Crippen LogP contribution in [0.4, 0.5) is 0 Å². The molecule has 1 aromatic heterocycles. The zero-order valence-electron chi connectivity index (χ0n) is 13.5. The van der Waals surface area contributed by atoms with Crippen molar-refractivity contribution in [3.63, 3.8) is 0 Å². The van der Waals surface area contributed by atoms with Crippen LogP contribution in [-0.2, 0) is 13.1 Å². The second-order valence-corrected chi connectivity index (χ2v) is 8.62. The number of hydrogen-bond acceptors (Lipinski definition) is 3. The van der Waals surface area contributed by atoms with Crippen LogP contribution in [0.5, 0.6) is 0 Å². The van der Waals surface area contributed by atoms with E-state index in [1.807, 2.05) is 11.3 Å². The molecule has 1 saturated heterocycles. The summed E-state index contributed by atoms with van der Waals surface area (Å²) in [5.41, 5.74) is 0.497. The number of piperidine rings is 1. The Morgan fingerprint density at radius 2 is 2.05 bits per heavy atom. The molecular formula is C17H30N2S. The first-order valence-electron chi connectivity index (χ1n) is 7.95. The molecule has 0 radical (unpaired) electrons. The summed E-state index contributed by atoms with van der Waals surface area (Å²) in [5, 5.41) is 3.53. The van der Waals surface area contributed by atoms with Crippen molar-refractivity contribution in [3.8, 4) is 0 Å². The van der Waals surface area contributed by atoms with Gasteiger partial charge in [-0.05, 0) is 49.4 Å². The molecular weight excluding hydrogens is 264 g/mol. The van der Waals surface area contributed by atoms with Crippen LogP contribution < -0.4 is 5.32 Å². The van der Waals surface area contributed by atoms with Gasteiger partial charge in [-0.25, -0.2) is 0 Å². The van der Waals surface area contributed by atoms with Crippen molar-refractivity contribution in [1.82, 2.24) is 10.2 Å². The average molecular weight is 295 g/mol. The molecule has 20 heavy (non-hydrogen) atoms. The molecule has 3 heteroatoms. The summed E-state index contributed by atoms with van der Waals surface area (Å²) in [6, 6.07) is 4.61. The molecule has 0 aromatic carbocycles. The SMILES string of the molecule is CC(C)CNCc1ccc(CN2CCCC(C)(C)C2)s1. The number of hydrogen-bond donors (Lipinski definition) is 1. The lowest BCUT2D eigenvalue weighted by Gasteiger charge is -2.37. The van der Waals surface area contributed by atoms with Crippen LogP contribution in [0, 0.1) is 11.3 Å². The average Bonchev–Trinajstić information content (AvgIpc) is 2.75. The van der Waals surface area contributed by atoms with Gasteiger partial charge in [-0.2, -0.15) is 0 Å². The molecule has 1 N–H and O–H groups in total. The summed E-state index contributed by atoms with van der Waals surface area (Å²) >= 11 is 1.97. The Balaban J connectivity index is 1.80. The number of likely N-dealkylation sites (tertiary alicyclic amines) is 1. The second kappa shape index (κ2) is 7.06. The molecule has 2 heterocycles. The minimum Gasteiger partial charge on any atom is -0.312 e. The van der Waals surface area contributed by atoms with Crippen molar-refractivity contribution in [2.45, 2.75) is 53.6 Å². The maximum atomic E-state index is 3.53. The first-order valence-corrected chi connectivity index (χ1v) is 8.77. The summed E-state index contributed by atoms with van der Waals surface area (Å²) < 4.78 is 0. The first-order chi connectivity index (χ1) is 9.44. The van der Waals surface area contributed by atoms with Crippen LogP contribution in [0.25, 0.3) is 0 Å². The zero-order valence-corrected chi connectivity index (χ0v) is 14.4. The van der Waals surface area contributed by atoms with Crippen molar-refractivity contribution >= 4 is 11.3 Å². The predicted molar refractivity (Wildman–Crippen MR) is 89.2 cm³/mol. The molecule has 0 aliphatic carbocycles. The molecule has 1 aliphatic heterocycles. The zero-order chi connectivity index (χ0) is 14.6. The van der Waals surface area contributed by atoms with Crippen molar-refractivity contribution < 1.29 is 0 Å². The Morgan fingerprint density at radius 1 is 1.30 bits per heavy atom. The van der Waals surface area contributed by atoms with Gasteiger partial charge >= 0.3 is 0 Å². The molecule has 0 bridgehead atoms. The van der Waals surface area contributed by atoms with Crippen LogP contribution in [0.1, 0.15) is 50.3 Å². The molecule has 0 amide bonds. The Kier molecular flexibility index (Phi) is 5.65. The van der Waals surface area contributed by atoms with Crippen LogP contribution in [0.15, 0.2) is 12.1 Å². The smallest absolute Gasteiger partial charge is 0.0328 e. The van der Waals surface area contributed by atoms with Crippen LogP contribution in [0.3, 0.4) is 0 Å². The van der Waals surface area contributed by atoms with Gasteiger partial charge in [0.05, 0.1) is 0 Å². The van der Waals surface area contributed by atoms with Crippen LogP contribution in [-0.4, -0.2) is 24.5 Å². The number of thiophene rings is 1. The number of nitrogens with zero attached hydrogens (tertiary/aromatic N) is 1. The summed E-state index contributed by atoms with van der Waals surface area (Å²) in [7, 11) is 0. The Labute approximate surface area is 128 Å². The fourth-order valence-electron chi connectivity index (χ4n) is 2.99. The molecule has 1 aliphatic rings. The van der Waals surface area contributed by atoms with Crippen LogP contribution >= 0.6 is 11.3 Å². The monoisotopic (exact) mass is 294 g/mol. The summed E-state index contributed by atoms with van der Waals surface area (Å²) in [5.74, 6) is 0.727. The van der Waals surface area contributed by atoms with Gasteiger partial charge in [0.15, 0.2) is 0 Å². The van der Waals surface area contributed by atoms with Gasteiger partial charge in [-0.1, -0.05) is 27.7 Å². The lowest BCUT2D eigenvalue weighted by molar-refractivity contribution is 0.112. The van der Waals surface area contributed by atoms with Crippen LogP contribution in [0.2, 0.25) is 0 Å². The quantitative estimate of drug-likeness (QED) is 0.849. The van der Waals surface area contributed by atoms with Gasteiger partial charge in [0.1, 0.15) is 0 Å². The molecule has 0 atom stereocenters. The predicted octanol–water partition coefficient (Wildman–Crippen LogP) is 4.12. The molecule has 2 nitrogen and oxygen atoms in total. The molecule has 0 unspecified atom stereocenters. The highest BCUT2D eigenvalue weighted by Crippen LogP contribution is 2.30. The lowest BCUT2D eigenvalue weighted by Crippen LogP contribution is -2.39. The van der Waals surface area contributed by atoms with Crippen molar-refractivity contribution in [3.05, 3.63) is 21.9 Å². The number of nitrogens with one attached hydrogen (secondary N) is 1. The van der Waals surface area contributed by atoms with E-state index < -0.39 is 0 Å². The van der Waals surface area contributed by atoms with E-state index in [2.05, 4.69) is 50.0 Å². The summed E-state index contributed by atoms with van der Waals surface area (Å²) in [6.07, 6.45) is 2.72. The van der Waals surface area contributed by atoms with E-state index in [-0.39, 0.29) is 0 Å². The standard InChI is InChI=1S/C17H30N2S/c1-14(2)10-18-11-15-6-7-16(20-15)12-19-9-5-8-17(3,4)13-19/h6-7,14,18H,5,8-13H2,1-4H3. The third-order valence-corrected chi connectivity index (χ3v) is 5.00. The van der Waals surface area contributed by atoms with Gasteiger partial charge in [-0.3, -0.25) is 4.90 Å². The largest absolute Gasteiger partial charge is 0.312 e. The third kappa shape index (κ3) is 5.19. The minimum atomic E-state index is 0.497. The fraction of sp³-hybridized carbons (Fsp3) is 0.765. The Morgan fingerprint density at radius 3 is 2.75 bits per heavy atom. The number of rotatable bonds is 6. The normalized spacial score (nSPS) is 19.6. The van der Waals surface area contributed by atoms with Crippen molar-refractivity contribution in [1.29, 1.82) is 0 Å². The third-order valence-electron chi connectivity index (χ3n) is 3.93. The lowest BCUT2D eigenvalue weighted by atomic mass is 9.84. The molecule has 1 aromatic rings. The fourth-order valence-corrected chi connectivity index (χ4v) is 4.02. The maximum Gasteiger partial charge on any atom is 0.0328 e. The molecule has 2 rings (SSSR count). The summed E-state index contributed by atoms with van der Waals surface area (Å²) in [4.78, 5) is 5.61. The van der Waals surface area contributed by atoms with Gasteiger partial charge < -0.3 is 5.32 Å². The highest BCUT2D eigenvalue weighted by atomic mass is 32.1. The van der Waals surface area contributed by atoms with Gasteiger partial charge in [0.2, 0.25) is 0 Å².